The van der Waals surface area contributed by atoms with Crippen molar-refractivity contribution in [3.63, 3.8) is 0 Å². The Balaban J connectivity index is 1.64. The average molecular weight is 378 g/mol. The summed E-state index contributed by atoms with van der Waals surface area (Å²) in [6, 6.07) is 9.47. The highest BCUT2D eigenvalue weighted by molar-refractivity contribution is 5.92. The maximum Gasteiger partial charge on any atom is 0.271 e. The third-order valence-electron chi connectivity index (χ3n) is 5.06. The predicted molar refractivity (Wildman–Crippen MR) is 105 cm³/mol. The van der Waals surface area contributed by atoms with Gasteiger partial charge in [0.05, 0.1) is 12.8 Å². The Morgan fingerprint density at radius 3 is 2.82 bits per heavy atom. The van der Waals surface area contributed by atoms with Crippen molar-refractivity contribution in [2.24, 2.45) is 0 Å². The number of piperidine rings is 1. The van der Waals surface area contributed by atoms with Crippen molar-refractivity contribution in [1.82, 2.24) is 25.1 Å². The summed E-state index contributed by atoms with van der Waals surface area (Å²) in [4.78, 5) is 23.3. The molecule has 0 bridgehead atoms. The zero-order valence-corrected chi connectivity index (χ0v) is 15.6. The van der Waals surface area contributed by atoms with Gasteiger partial charge in [-0.3, -0.25) is 9.89 Å². The number of hydrogen-bond donors (Lipinski definition) is 2. The van der Waals surface area contributed by atoms with E-state index < -0.39 is 0 Å². The van der Waals surface area contributed by atoms with Crippen molar-refractivity contribution < 1.29 is 9.53 Å². The fourth-order valence-corrected chi connectivity index (χ4v) is 3.64. The fourth-order valence-electron chi connectivity index (χ4n) is 3.64. The number of nitrogen functional groups attached to an aromatic ring is 1. The van der Waals surface area contributed by atoms with Gasteiger partial charge in [0, 0.05) is 37.0 Å². The highest BCUT2D eigenvalue weighted by Crippen LogP contribution is 2.34. The van der Waals surface area contributed by atoms with E-state index >= 15 is 0 Å². The van der Waals surface area contributed by atoms with Gasteiger partial charge in [0.2, 0.25) is 5.95 Å². The third-order valence-corrected chi connectivity index (χ3v) is 5.06. The van der Waals surface area contributed by atoms with E-state index in [4.69, 9.17) is 10.5 Å². The first-order valence-corrected chi connectivity index (χ1v) is 9.21. The number of benzene rings is 1. The molecule has 8 heteroatoms. The summed E-state index contributed by atoms with van der Waals surface area (Å²) in [7, 11) is 1.64. The molecule has 4 rings (SSSR count). The predicted octanol–water partition coefficient (Wildman–Crippen LogP) is 2.48. The molecule has 0 aliphatic carbocycles. The number of carbonyl (C=O) groups is 1. The van der Waals surface area contributed by atoms with Gasteiger partial charge in [0.25, 0.3) is 5.91 Å². The highest BCUT2D eigenvalue weighted by Gasteiger charge is 2.29. The first kappa shape index (κ1) is 18.0. The Morgan fingerprint density at radius 1 is 1.29 bits per heavy atom. The maximum absolute atomic E-state index is 12.7. The molecule has 1 atom stereocenters. The first-order valence-electron chi connectivity index (χ1n) is 9.21. The Hall–Kier alpha value is -3.42. The standard InChI is InChI=1S/C20H22N6O2/c1-28-15-6-4-13(5-7-15)16-11-22-20(21)24-18(16)14-3-2-10-26(12-14)19(27)17-8-9-23-25-17/h4-9,11,14H,2-3,10,12H2,1H3,(H,23,25)(H2,21,22,24)/t14-/m0/s1. The maximum atomic E-state index is 12.7. The van der Waals surface area contributed by atoms with Crippen LogP contribution in [-0.2, 0) is 0 Å². The molecule has 3 aromatic rings. The molecule has 0 unspecified atom stereocenters. The molecule has 1 aliphatic heterocycles. The molecule has 144 valence electrons. The normalized spacial score (nSPS) is 16.8. The zero-order valence-electron chi connectivity index (χ0n) is 15.6. The second kappa shape index (κ2) is 7.67. The van der Waals surface area contributed by atoms with E-state index in [0.29, 0.717) is 18.8 Å². The lowest BCUT2D eigenvalue weighted by Crippen LogP contribution is -2.39. The van der Waals surface area contributed by atoms with E-state index in [9.17, 15) is 4.79 Å². The van der Waals surface area contributed by atoms with Crippen molar-refractivity contribution in [2.75, 3.05) is 25.9 Å². The summed E-state index contributed by atoms with van der Waals surface area (Å²) in [5, 5.41) is 6.62. The van der Waals surface area contributed by atoms with Gasteiger partial charge < -0.3 is 15.4 Å². The van der Waals surface area contributed by atoms with Gasteiger partial charge in [-0.15, -0.1) is 0 Å². The molecule has 28 heavy (non-hydrogen) atoms. The number of anilines is 1. The quantitative estimate of drug-likeness (QED) is 0.722. The summed E-state index contributed by atoms with van der Waals surface area (Å²) < 4.78 is 5.24. The Labute approximate surface area is 162 Å². The molecule has 1 amide bonds. The number of aromatic nitrogens is 4. The van der Waals surface area contributed by atoms with Crippen molar-refractivity contribution in [2.45, 2.75) is 18.8 Å². The molecular formula is C20H22N6O2. The smallest absolute Gasteiger partial charge is 0.271 e. The van der Waals surface area contributed by atoms with Crippen molar-refractivity contribution >= 4 is 11.9 Å². The number of nitrogens with zero attached hydrogens (tertiary/aromatic N) is 4. The number of nitrogens with two attached hydrogens (primary N) is 1. The molecule has 8 nitrogen and oxygen atoms in total. The number of amides is 1. The van der Waals surface area contributed by atoms with Crippen LogP contribution in [0.2, 0.25) is 0 Å². The van der Waals surface area contributed by atoms with Crippen LogP contribution in [0.4, 0.5) is 5.95 Å². The van der Waals surface area contributed by atoms with Gasteiger partial charge in [0.1, 0.15) is 11.4 Å². The lowest BCUT2D eigenvalue weighted by molar-refractivity contribution is 0.0700. The van der Waals surface area contributed by atoms with Gasteiger partial charge in [-0.25, -0.2) is 9.97 Å². The van der Waals surface area contributed by atoms with Crippen LogP contribution in [0.25, 0.3) is 11.1 Å². The number of rotatable bonds is 4. The van der Waals surface area contributed by atoms with Crippen molar-refractivity contribution in [3.8, 4) is 16.9 Å². The fraction of sp³-hybridized carbons (Fsp3) is 0.300. The van der Waals surface area contributed by atoms with Crippen LogP contribution in [0, 0.1) is 0 Å². The second-order valence-electron chi connectivity index (χ2n) is 6.82. The van der Waals surface area contributed by atoms with E-state index in [0.717, 1.165) is 35.4 Å². The molecule has 3 N–H and O–H groups in total. The minimum absolute atomic E-state index is 0.0461. The Bertz CT molecular complexity index is 955. The minimum Gasteiger partial charge on any atom is -0.497 e. The number of H-pyrrole nitrogens is 1. The third kappa shape index (κ3) is 3.53. The number of methoxy groups -OCH3 is 1. The zero-order chi connectivity index (χ0) is 19.5. The molecule has 1 saturated heterocycles. The van der Waals surface area contributed by atoms with Crippen molar-refractivity contribution in [1.29, 1.82) is 0 Å². The van der Waals surface area contributed by atoms with Crippen LogP contribution in [0.1, 0.15) is 34.9 Å². The van der Waals surface area contributed by atoms with Crippen molar-refractivity contribution in [3.05, 3.63) is 54.1 Å². The lowest BCUT2D eigenvalue weighted by Gasteiger charge is -2.33. The van der Waals surface area contributed by atoms with Crippen LogP contribution < -0.4 is 10.5 Å². The largest absolute Gasteiger partial charge is 0.497 e. The lowest BCUT2D eigenvalue weighted by atomic mass is 9.89. The van der Waals surface area contributed by atoms with Crippen LogP contribution >= 0.6 is 0 Å². The molecule has 3 heterocycles. The monoisotopic (exact) mass is 378 g/mol. The summed E-state index contributed by atoms with van der Waals surface area (Å²) in [6.45, 7) is 1.30. The Morgan fingerprint density at radius 2 is 2.11 bits per heavy atom. The van der Waals surface area contributed by atoms with Crippen LogP contribution in [-0.4, -0.2) is 51.2 Å². The van der Waals surface area contributed by atoms with Gasteiger partial charge in [-0.1, -0.05) is 12.1 Å². The molecule has 0 spiro atoms. The number of nitrogens with one attached hydrogen (secondary N) is 1. The first-order chi connectivity index (χ1) is 13.7. The summed E-state index contributed by atoms with van der Waals surface area (Å²) in [5.41, 5.74) is 9.19. The van der Waals surface area contributed by atoms with Crippen LogP contribution in [0.3, 0.4) is 0 Å². The van der Waals surface area contributed by atoms with Crippen LogP contribution in [0.5, 0.6) is 5.75 Å². The van der Waals surface area contributed by atoms with E-state index in [2.05, 4.69) is 20.2 Å². The molecule has 1 aromatic carbocycles. The van der Waals surface area contributed by atoms with Gasteiger partial charge in [-0.2, -0.15) is 5.10 Å². The number of likely N-dealkylation sites (tertiary alicyclic amines) is 1. The molecule has 1 fully saturated rings. The Kier molecular flexibility index (Phi) is 4.92. The van der Waals surface area contributed by atoms with E-state index in [1.807, 2.05) is 29.2 Å². The number of carbonyl (C=O) groups excluding carboxylic acids is 1. The minimum atomic E-state index is -0.0461. The molecule has 0 saturated carbocycles. The van der Waals surface area contributed by atoms with Crippen LogP contribution in [0.15, 0.2) is 42.7 Å². The highest BCUT2D eigenvalue weighted by atomic mass is 16.5. The second-order valence-corrected chi connectivity index (χ2v) is 6.82. The molecule has 2 aromatic heterocycles. The number of aromatic amines is 1. The van der Waals surface area contributed by atoms with Gasteiger partial charge >= 0.3 is 0 Å². The van der Waals surface area contributed by atoms with Gasteiger partial charge in [0.15, 0.2) is 0 Å². The summed E-state index contributed by atoms with van der Waals surface area (Å²) >= 11 is 0. The molecule has 0 radical (unpaired) electrons. The molecule has 1 aliphatic rings. The van der Waals surface area contributed by atoms with E-state index in [-0.39, 0.29) is 17.8 Å². The number of hydrogen-bond acceptors (Lipinski definition) is 6. The summed E-state index contributed by atoms with van der Waals surface area (Å²) in [5.74, 6) is 1.07. The average Bonchev–Trinajstić information content (AvgIpc) is 3.28. The number of ether oxygens (including phenoxy) is 1. The SMILES string of the molecule is COc1ccc(-c2cnc(N)nc2[C@H]2CCCN(C(=O)c3ccn[nH]3)C2)cc1. The topological polar surface area (TPSA) is 110 Å². The molecular weight excluding hydrogens is 356 g/mol. The summed E-state index contributed by atoms with van der Waals surface area (Å²) in [6.07, 6.45) is 5.18. The van der Waals surface area contributed by atoms with Gasteiger partial charge in [-0.05, 0) is 36.6 Å². The van der Waals surface area contributed by atoms with E-state index in [1.54, 1.807) is 25.6 Å². The van der Waals surface area contributed by atoms with E-state index in [1.165, 1.54) is 0 Å².